The second-order valence-electron chi connectivity index (χ2n) is 7.34. The highest BCUT2D eigenvalue weighted by Crippen LogP contribution is 2.38. The molecule has 0 aromatic heterocycles. The predicted molar refractivity (Wildman–Crippen MR) is 75.7 cm³/mol. The van der Waals surface area contributed by atoms with Gasteiger partial charge in [-0.25, -0.2) is 0 Å². The van der Waals surface area contributed by atoms with Gasteiger partial charge in [0.05, 0.1) is 11.2 Å². The fourth-order valence-electron chi connectivity index (χ4n) is 3.65. The first-order valence-electron chi connectivity index (χ1n) is 7.45. The summed E-state index contributed by atoms with van der Waals surface area (Å²) in [5.41, 5.74) is 5.20. The summed E-state index contributed by atoms with van der Waals surface area (Å²) >= 11 is 0. The van der Waals surface area contributed by atoms with Crippen LogP contribution in [-0.4, -0.2) is 29.2 Å². The summed E-state index contributed by atoms with van der Waals surface area (Å²) in [5.74, 6) is -0.0496. The minimum Gasteiger partial charge on any atom is -0.369 e. The molecule has 3 N–H and O–H groups in total. The van der Waals surface area contributed by atoms with E-state index in [1.54, 1.807) is 0 Å². The Morgan fingerprint density at radius 3 is 2.16 bits per heavy atom. The first-order valence-corrected chi connectivity index (χ1v) is 7.45. The summed E-state index contributed by atoms with van der Waals surface area (Å²) < 4.78 is 6.11. The van der Waals surface area contributed by atoms with Crippen molar-refractivity contribution in [3.63, 3.8) is 0 Å². The van der Waals surface area contributed by atoms with Gasteiger partial charge in [0.15, 0.2) is 0 Å². The van der Waals surface area contributed by atoms with Crippen LogP contribution >= 0.6 is 0 Å². The maximum Gasteiger partial charge on any atom is 0.220 e. The first-order chi connectivity index (χ1) is 8.70. The van der Waals surface area contributed by atoms with E-state index in [1.807, 2.05) is 0 Å². The van der Waals surface area contributed by atoms with Crippen LogP contribution in [0.15, 0.2) is 0 Å². The number of nitrogens with one attached hydrogen (secondary N) is 1. The van der Waals surface area contributed by atoms with Crippen LogP contribution in [0.1, 0.15) is 59.8 Å². The number of rotatable bonds is 3. The molecule has 0 bridgehead atoms. The van der Waals surface area contributed by atoms with Gasteiger partial charge in [0.1, 0.15) is 0 Å². The molecular formula is C15H28N2O2. The Morgan fingerprint density at radius 1 is 1.16 bits per heavy atom. The van der Waals surface area contributed by atoms with E-state index in [-0.39, 0.29) is 23.0 Å². The molecule has 1 aliphatic carbocycles. The summed E-state index contributed by atoms with van der Waals surface area (Å²) in [6.45, 7) is 8.63. The maximum absolute atomic E-state index is 11.2. The summed E-state index contributed by atoms with van der Waals surface area (Å²) in [4.78, 5) is 11.2. The third-order valence-electron chi connectivity index (χ3n) is 4.64. The Hall–Kier alpha value is -0.610. The van der Waals surface area contributed by atoms with Crippen molar-refractivity contribution in [2.45, 2.75) is 83.1 Å². The van der Waals surface area contributed by atoms with E-state index in [1.165, 1.54) is 0 Å². The van der Waals surface area contributed by atoms with Gasteiger partial charge in [0, 0.05) is 18.0 Å². The third kappa shape index (κ3) is 3.48. The smallest absolute Gasteiger partial charge is 0.220 e. The highest BCUT2D eigenvalue weighted by Gasteiger charge is 2.46. The Kier molecular flexibility index (Phi) is 3.94. The quantitative estimate of drug-likeness (QED) is 0.822. The van der Waals surface area contributed by atoms with Gasteiger partial charge in [-0.2, -0.15) is 0 Å². The van der Waals surface area contributed by atoms with E-state index in [0.29, 0.717) is 12.1 Å². The van der Waals surface area contributed by atoms with Crippen molar-refractivity contribution in [2.24, 2.45) is 11.7 Å². The van der Waals surface area contributed by atoms with Crippen molar-refractivity contribution in [1.29, 1.82) is 0 Å². The van der Waals surface area contributed by atoms with E-state index < -0.39 is 0 Å². The molecule has 0 spiro atoms. The molecule has 1 heterocycles. The van der Waals surface area contributed by atoms with Gasteiger partial charge in [-0.15, -0.1) is 0 Å². The minimum absolute atomic E-state index is 0.0500. The van der Waals surface area contributed by atoms with Gasteiger partial charge in [0.25, 0.3) is 0 Å². The molecule has 1 saturated heterocycles. The lowest BCUT2D eigenvalue weighted by Crippen LogP contribution is -2.49. The Balaban J connectivity index is 1.88. The number of carbonyl (C=O) groups is 1. The summed E-state index contributed by atoms with van der Waals surface area (Å²) in [7, 11) is 0. The predicted octanol–water partition coefficient (Wildman–Crippen LogP) is 1.97. The Labute approximate surface area is 116 Å². The van der Waals surface area contributed by atoms with Crippen molar-refractivity contribution < 1.29 is 9.53 Å². The van der Waals surface area contributed by atoms with Gasteiger partial charge in [-0.1, -0.05) is 0 Å². The first kappa shape index (κ1) is 14.8. The van der Waals surface area contributed by atoms with Crippen LogP contribution in [0.4, 0.5) is 0 Å². The van der Waals surface area contributed by atoms with Gasteiger partial charge >= 0.3 is 0 Å². The molecule has 4 nitrogen and oxygen atoms in total. The molecule has 0 aromatic rings. The fourth-order valence-corrected chi connectivity index (χ4v) is 3.65. The normalized spacial score (nSPS) is 37.2. The summed E-state index contributed by atoms with van der Waals surface area (Å²) in [5, 5.41) is 3.75. The van der Waals surface area contributed by atoms with Crippen LogP contribution in [0, 0.1) is 5.92 Å². The molecule has 2 rings (SSSR count). The number of hydrogen-bond donors (Lipinski definition) is 2. The SMILES string of the molecule is CC1(C)CC(NC2CCC(C(N)=O)CC2)C(C)(C)O1. The average Bonchev–Trinajstić information content (AvgIpc) is 2.47. The molecule has 1 saturated carbocycles. The van der Waals surface area contributed by atoms with E-state index in [2.05, 4.69) is 33.0 Å². The fraction of sp³-hybridized carbons (Fsp3) is 0.933. The monoisotopic (exact) mass is 268 g/mol. The lowest BCUT2D eigenvalue weighted by atomic mass is 9.84. The van der Waals surface area contributed by atoms with Crippen LogP contribution in [-0.2, 0) is 9.53 Å². The highest BCUT2D eigenvalue weighted by atomic mass is 16.5. The molecule has 1 atom stereocenters. The van der Waals surface area contributed by atoms with Crippen LogP contribution in [0.2, 0.25) is 0 Å². The van der Waals surface area contributed by atoms with E-state index in [4.69, 9.17) is 10.5 Å². The van der Waals surface area contributed by atoms with Gasteiger partial charge in [-0.05, 0) is 59.8 Å². The third-order valence-corrected chi connectivity index (χ3v) is 4.64. The molecular weight excluding hydrogens is 240 g/mol. The molecule has 1 unspecified atom stereocenters. The van der Waals surface area contributed by atoms with Gasteiger partial charge < -0.3 is 15.8 Å². The van der Waals surface area contributed by atoms with Crippen molar-refractivity contribution in [2.75, 3.05) is 0 Å². The molecule has 4 heteroatoms. The molecule has 0 aromatic carbocycles. The molecule has 19 heavy (non-hydrogen) atoms. The van der Waals surface area contributed by atoms with Crippen molar-refractivity contribution in [1.82, 2.24) is 5.32 Å². The lowest BCUT2D eigenvalue weighted by Gasteiger charge is -2.34. The Bertz CT molecular complexity index is 344. The summed E-state index contributed by atoms with van der Waals surface area (Å²) in [6.07, 6.45) is 4.96. The molecule has 110 valence electrons. The minimum atomic E-state index is -0.135. The molecule has 2 fully saturated rings. The van der Waals surface area contributed by atoms with Crippen LogP contribution in [0.5, 0.6) is 0 Å². The topological polar surface area (TPSA) is 64.3 Å². The highest BCUT2D eigenvalue weighted by molar-refractivity contribution is 5.76. The number of nitrogens with two attached hydrogens (primary N) is 1. The number of ether oxygens (including phenoxy) is 1. The molecule has 2 aliphatic rings. The number of carbonyl (C=O) groups excluding carboxylic acids is 1. The zero-order valence-corrected chi connectivity index (χ0v) is 12.7. The number of amides is 1. The number of primary amides is 1. The second-order valence-corrected chi connectivity index (χ2v) is 7.34. The molecule has 1 aliphatic heterocycles. The van der Waals surface area contributed by atoms with Crippen LogP contribution < -0.4 is 11.1 Å². The second kappa shape index (κ2) is 5.06. The van der Waals surface area contributed by atoms with Crippen molar-refractivity contribution in [3.05, 3.63) is 0 Å². The number of hydrogen-bond acceptors (Lipinski definition) is 3. The molecule has 0 radical (unpaired) electrons. The molecule has 1 amide bonds. The summed E-state index contributed by atoms with van der Waals surface area (Å²) in [6, 6.07) is 0.884. The van der Waals surface area contributed by atoms with E-state index in [0.717, 1.165) is 32.1 Å². The van der Waals surface area contributed by atoms with E-state index in [9.17, 15) is 4.79 Å². The van der Waals surface area contributed by atoms with Gasteiger partial charge in [-0.3, -0.25) is 4.79 Å². The van der Waals surface area contributed by atoms with Crippen LogP contribution in [0.25, 0.3) is 0 Å². The van der Waals surface area contributed by atoms with Crippen molar-refractivity contribution >= 4 is 5.91 Å². The largest absolute Gasteiger partial charge is 0.369 e. The van der Waals surface area contributed by atoms with E-state index >= 15 is 0 Å². The zero-order valence-electron chi connectivity index (χ0n) is 12.7. The van der Waals surface area contributed by atoms with Gasteiger partial charge in [0.2, 0.25) is 5.91 Å². The zero-order chi connectivity index (χ0) is 14.3. The standard InChI is InChI=1S/C15H28N2O2/c1-14(2)9-12(15(3,4)19-14)17-11-7-5-10(6-8-11)13(16)18/h10-12,17H,5-9H2,1-4H3,(H2,16,18). The lowest BCUT2D eigenvalue weighted by molar-refractivity contribution is -0.122. The van der Waals surface area contributed by atoms with Crippen LogP contribution in [0.3, 0.4) is 0 Å². The average molecular weight is 268 g/mol. The maximum atomic E-state index is 11.2. The Morgan fingerprint density at radius 2 is 1.74 bits per heavy atom. The van der Waals surface area contributed by atoms with Crippen molar-refractivity contribution in [3.8, 4) is 0 Å².